The fourth-order valence-corrected chi connectivity index (χ4v) is 2.83. The van der Waals surface area contributed by atoms with Crippen molar-refractivity contribution in [3.05, 3.63) is 0 Å². The predicted octanol–water partition coefficient (Wildman–Crippen LogP) is 2.53. The Morgan fingerprint density at radius 3 is 2.60 bits per heavy atom. The molecule has 1 aliphatic rings. The highest BCUT2D eigenvalue weighted by molar-refractivity contribution is 7.99. The fourth-order valence-electron chi connectivity index (χ4n) is 2.14. The van der Waals surface area contributed by atoms with Crippen LogP contribution in [-0.2, 0) is 4.74 Å². The van der Waals surface area contributed by atoms with Gasteiger partial charge in [0.2, 0.25) is 0 Å². The van der Waals surface area contributed by atoms with Crippen molar-refractivity contribution in [2.45, 2.75) is 45.7 Å². The molecule has 1 aliphatic heterocycles. The Hall–Kier alpha value is 0.270. The summed E-state index contributed by atoms with van der Waals surface area (Å²) < 4.78 is 5.39. The molecule has 1 N–H and O–H groups in total. The van der Waals surface area contributed by atoms with E-state index in [2.05, 4.69) is 26.1 Å². The molecule has 2 nitrogen and oxygen atoms in total. The number of ether oxygens (including phenoxy) is 1. The van der Waals surface area contributed by atoms with Gasteiger partial charge in [0.15, 0.2) is 0 Å². The van der Waals surface area contributed by atoms with E-state index in [0.29, 0.717) is 12.1 Å². The van der Waals surface area contributed by atoms with Crippen LogP contribution in [0, 0.1) is 5.92 Å². The van der Waals surface area contributed by atoms with E-state index in [1.54, 1.807) is 0 Å². The van der Waals surface area contributed by atoms with Crippen molar-refractivity contribution < 1.29 is 4.74 Å². The summed E-state index contributed by atoms with van der Waals surface area (Å²) in [6.45, 7) is 8.74. The van der Waals surface area contributed by atoms with Crippen molar-refractivity contribution in [3.63, 3.8) is 0 Å². The van der Waals surface area contributed by atoms with Gasteiger partial charge in [-0.25, -0.2) is 0 Å². The van der Waals surface area contributed by atoms with Crippen LogP contribution < -0.4 is 5.32 Å². The molecule has 0 aromatic rings. The van der Waals surface area contributed by atoms with Crippen molar-refractivity contribution in [3.8, 4) is 0 Å². The minimum absolute atomic E-state index is 0.632. The van der Waals surface area contributed by atoms with Crippen LogP contribution >= 0.6 is 11.8 Å². The van der Waals surface area contributed by atoms with E-state index in [4.69, 9.17) is 4.74 Å². The van der Waals surface area contributed by atoms with Crippen LogP contribution in [0.25, 0.3) is 0 Å². The van der Waals surface area contributed by atoms with E-state index in [1.807, 2.05) is 11.8 Å². The Balaban J connectivity index is 2.17. The molecule has 3 heteroatoms. The zero-order valence-electron chi connectivity index (χ0n) is 10.3. The Labute approximate surface area is 98.5 Å². The molecule has 2 unspecified atom stereocenters. The van der Waals surface area contributed by atoms with Crippen LogP contribution in [0.5, 0.6) is 0 Å². The normalized spacial score (nSPS) is 22.6. The highest BCUT2D eigenvalue weighted by Gasteiger charge is 2.21. The van der Waals surface area contributed by atoms with Crippen LogP contribution in [0.2, 0.25) is 0 Å². The molecule has 0 bridgehead atoms. The summed E-state index contributed by atoms with van der Waals surface area (Å²) in [6, 6.07) is 1.27. The van der Waals surface area contributed by atoms with E-state index in [9.17, 15) is 0 Å². The van der Waals surface area contributed by atoms with Crippen molar-refractivity contribution in [1.29, 1.82) is 0 Å². The summed E-state index contributed by atoms with van der Waals surface area (Å²) in [7, 11) is 0. The zero-order chi connectivity index (χ0) is 11.1. The summed E-state index contributed by atoms with van der Waals surface area (Å²) in [5.41, 5.74) is 0. The molecular formula is C12H25NOS. The second kappa shape index (κ2) is 7.53. The zero-order valence-corrected chi connectivity index (χ0v) is 11.1. The molecule has 15 heavy (non-hydrogen) atoms. The summed E-state index contributed by atoms with van der Waals surface area (Å²) in [4.78, 5) is 0. The molecule has 1 saturated heterocycles. The Morgan fingerprint density at radius 1 is 1.33 bits per heavy atom. The fraction of sp³-hybridized carbons (Fsp3) is 1.00. The Morgan fingerprint density at radius 2 is 2.00 bits per heavy atom. The van der Waals surface area contributed by atoms with Gasteiger partial charge in [-0.05, 0) is 38.4 Å². The smallest absolute Gasteiger partial charge is 0.0469 e. The van der Waals surface area contributed by atoms with Gasteiger partial charge in [-0.15, -0.1) is 0 Å². The molecule has 0 saturated carbocycles. The number of nitrogens with one attached hydrogen (secondary N) is 1. The SMILES string of the molecule is CCSCC(C)NC(C)C1CCOCC1. The number of hydrogen-bond acceptors (Lipinski definition) is 3. The van der Waals surface area contributed by atoms with Crippen molar-refractivity contribution in [2.24, 2.45) is 5.92 Å². The number of thioether (sulfide) groups is 1. The number of rotatable bonds is 6. The molecule has 1 rings (SSSR count). The highest BCUT2D eigenvalue weighted by Crippen LogP contribution is 2.19. The van der Waals surface area contributed by atoms with E-state index in [1.165, 1.54) is 24.3 Å². The first-order valence-electron chi connectivity index (χ1n) is 6.15. The van der Waals surface area contributed by atoms with Crippen molar-refractivity contribution in [1.82, 2.24) is 5.32 Å². The molecule has 2 atom stereocenters. The molecule has 0 radical (unpaired) electrons. The molecule has 1 heterocycles. The maximum atomic E-state index is 5.39. The summed E-state index contributed by atoms with van der Waals surface area (Å²) in [5.74, 6) is 3.26. The van der Waals surface area contributed by atoms with Gasteiger partial charge >= 0.3 is 0 Å². The Kier molecular flexibility index (Phi) is 6.69. The van der Waals surface area contributed by atoms with Crippen LogP contribution in [0.3, 0.4) is 0 Å². The molecule has 90 valence electrons. The van der Waals surface area contributed by atoms with Crippen molar-refractivity contribution >= 4 is 11.8 Å². The molecule has 0 spiro atoms. The van der Waals surface area contributed by atoms with Gasteiger partial charge in [0.05, 0.1) is 0 Å². The van der Waals surface area contributed by atoms with Crippen LogP contribution in [0.1, 0.15) is 33.6 Å². The van der Waals surface area contributed by atoms with E-state index >= 15 is 0 Å². The average Bonchev–Trinajstić information content (AvgIpc) is 2.27. The second-order valence-corrected chi connectivity index (χ2v) is 5.78. The first kappa shape index (κ1) is 13.3. The lowest BCUT2D eigenvalue weighted by atomic mass is 9.92. The summed E-state index contributed by atoms with van der Waals surface area (Å²) in [6.07, 6.45) is 2.45. The number of hydrogen-bond donors (Lipinski definition) is 1. The van der Waals surface area contributed by atoms with Gasteiger partial charge in [-0.2, -0.15) is 11.8 Å². The molecule has 0 aromatic carbocycles. The first-order chi connectivity index (χ1) is 7.24. The molecule has 0 aliphatic carbocycles. The quantitative estimate of drug-likeness (QED) is 0.759. The van der Waals surface area contributed by atoms with Crippen molar-refractivity contribution in [2.75, 3.05) is 24.7 Å². The second-order valence-electron chi connectivity index (χ2n) is 4.47. The third kappa shape index (κ3) is 5.23. The molecule has 1 fully saturated rings. The third-order valence-electron chi connectivity index (χ3n) is 3.09. The molecular weight excluding hydrogens is 206 g/mol. The van der Waals surface area contributed by atoms with Crippen LogP contribution in [0.15, 0.2) is 0 Å². The summed E-state index contributed by atoms with van der Waals surface area (Å²) in [5, 5.41) is 3.71. The van der Waals surface area contributed by atoms with Gasteiger partial charge in [-0.3, -0.25) is 0 Å². The Bertz CT molecular complexity index is 160. The van der Waals surface area contributed by atoms with Gasteiger partial charge < -0.3 is 10.1 Å². The lowest BCUT2D eigenvalue weighted by molar-refractivity contribution is 0.0550. The monoisotopic (exact) mass is 231 g/mol. The molecule has 0 aromatic heterocycles. The van der Waals surface area contributed by atoms with Gasteiger partial charge in [0.25, 0.3) is 0 Å². The topological polar surface area (TPSA) is 21.3 Å². The minimum atomic E-state index is 0.632. The highest BCUT2D eigenvalue weighted by atomic mass is 32.2. The predicted molar refractivity (Wildman–Crippen MR) is 68.6 cm³/mol. The lowest BCUT2D eigenvalue weighted by Gasteiger charge is -2.30. The van der Waals surface area contributed by atoms with Gasteiger partial charge in [0.1, 0.15) is 0 Å². The largest absolute Gasteiger partial charge is 0.381 e. The third-order valence-corrected chi connectivity index (χ3v) is 4.24. The summed E-state index contributed by atoms with van der Waals surface area (Å²) >= 11 is 2.02. The molecule has 0 amide bonds. The van der Waals surface area contributed by atoms with E-state index < -0.39 is 0 Å². The first-order valence-corrected chi connectivity index (χ1v) is 7.31. The standard InChI is InChI=1S/C12H25NOS/c1-4-15-9-10(2)13-11(3)12-5-7-14-8-6-12/h10-13H,4-9H2,1-3H3. The van der Waals surface area contributed by atoms with Crippen LogP contribution in [0.4, 0.5) is 0 Å². The van der Waals surface area contributed by atoms with E-state index in [0.717, 1.165) is 19.1 Å². The van der Waals surface area contributed by atoms with Crippen LogP contribution in [-0.4, -0.2) is 36.8 Å². The minimum Gasteiger partial charge on any atom is -0.381 e. The van der Waals surface area contributed by atoms with E-state index in [-0.39, 0.29) is 0 Å². The maximum absolute atomic E-state index is 5.39. The van der Waals surface area contributed by atoms with Gasteiger partial charge in [-0.1, -0.05) is 6.92 Å². The lowest BCUT2D eigenvalue weighted by Crippen LogP contribution is -2.42. The van der Waals surface area contributed by atoms with Gasteiger partial charge in [0, 0.05) is 31.1 Å². The maximum Gasteiger partial charge on any atom is 0.0469 e. The average molecular weight is 231 g/mol.